The Morgan fingerprint density at radius 1 is 0.367 bits per heavy atom. The van der Waals surface area contributed by atoms with E-state index in [1.54, 1.807) is 0 Å². The molecular weight excluding hydrogens is 595 g/mol. The van der Waals surface area contributed by atoms with Crippen LogP contribution >= 0.6 is 0 Å². The Hall–Kier alpha value is -6.38. The van der Waals surface area contributed by atoms with Crippen molar-refractivity contribution in [2.24, 2.45) is 0 Å². The molecule has 8 aromatic carbocycles. The quantitative estimate of drug-likeness (QED) is 0.181. The van der Waals surface area contributed by atoms with Crippen LogP contribution in [0.3, 0.4) is 0 Å². The number of hydrogen-bond acceptors (Lipinski definition) is 2. The number of fused-ring (bicyclic) bond motifs is 16. The van der Waals surface area contributed by atoms with E-state index >= 15 is 0 Å². The van der Waals surface area contributed by atoms with Gasteiger partial charge in [0.2, 0.25) is 0 Å². The van der Waals surface area contributed by atoms with E-state index in [0.29, 0.717) is 0 Å². The van der Waals surface area contributed by atoms with Gasteiger partial charge in [0.05, 0.1) is 16.8 Å². The fourth-order valence-electron chi connectivity index (χ4n) is 9.60. The van der Waals surface area contributed by atoms with E-state index in [2.05, 4.69) is 169 Å². The number of rotatable bonds is 1. The van der Waals surface area contributed by atoms with E-state index < -0.39 is 5.41 Å². The standard InChI is InChI=1S/C47H27NO/c1-6-19-37-29(12-1)30-13-2-7-20-38(30)47(37)39-21-8-3-14-31(39)32-25-24-28(26-40(32)47)48-41-22-9-4-15-33(41)34-17-11-18-36-45(34)42(48)27-44-46(36)35-16-5-10-23-43(35)49-44/h1-27H. The van der Waals surface area contributed by atoms with Gasteiger partial charge in [-0.2, -0.15) is 0 Å². The van der Waals surface area contributed by atoms with Gasteiger partial charge < -0.3 is 9.32 Å². The minimum Gasteiger partial charge on any atom is -0.456 e. The first-order chi connectivity index (χ1) is 24.3. The van der Waals surface area contributed by atoms with Gasteiger partial charge in [-0.1, -0.05) is 133 Å². The fraction of sp³-hybridized carbons (Fsp3) is 0.0213. The molecule has 2 nitrogen and oxygen atoms in total. The molecule has 49 heavy (non-hydrogen) atoms. The van der Waals surface area contributed by atoms with Crippen molar-refractivity contribution in [2.45, 2.75) is 5.41 Å². The van der Waals surface area contributed by atoms with Crippen LogP contribution in [0.15, 0.2) is 168 Å². The van der Waals surface area contributed by atoms with Gasteiger partial charge in [0, 0.05) is 33.5 Å². The van der Waals surface area contributed by atoms with Crippen molar-refractivity contribution in [1.29, 1.82) is 0 Å². The largest absolute Gasteiger partial charge is 0.456 e. The first-order valence-corrected chi connectivity index (χ1v) is 17.0. The summed E-state index contributed by atoms with van der Waals surface area (Å²) in [6, 6.07) is 60.5. The van der Waals surface area contributed by atoms with Crippen LogP contribution < -0.4 is 4.90 Å². The molecule has 1 spiro atoms. The van der Waals surface area contributed by atoms with Crippen molar-refractivity contribution < 1.29 is 4.42 Å². The van der Waals surface area contributed by atoms with Gasteiger partial charge in [-0.05, 0) is 79.7 Å². The Labute approximate surface area is 283 Å². The van der Waals surface area contributed by atoms with Gasteiger partial charge >= 0.3 is 0 Å². The summed E-state index contributed by atoms with van der Waals surface area (Å²) < 4.78 is 6.58. The first-order valence-electron chi connectivity index (χ1n) is 17.0. The molecule has 0 saturated heterocycles. The van der Waals surface area contributed by atoms with Crippen molar-refractivity contribution in [3.8, 4) is 33.4 Å². The summed E-state index contributed by atoms with van der Waals surface area (Å²) >= 11 is 0. The third kappa shape index (κ3) is 3.00. The normalized spacial score (nSPS) is 14.2. The average Bonchev–Trinajstić information content (AvgIpc) is 3.79. The Bertz CT molecular complexity index is 2850. The predicted molar refractivity (Wildman–Crippen MR) is 201 cm³/mol. The topological polar surface area (TPSA) is 16.4 Å². The highest BCUT2D eigenvalue weighted by atomic mass is 16.3. The number of para-hydroxylation sites is 2. The highest BCUT2D eigenvalue weighted by molar-refractivity contribution is 6.27. The van der Waals surface area contributed by atoms with E-state index in [9.17, 15) is 0 Å². The highest BCUT2D eigenvalue weighted by Crippen LogP contribution is 2.64. The summed E-state index contributed by atoms with van der Waals surface area (Å²) in [7, 11) is 0. The SMILES string of the molecule is c1ccc2c(c1)-c1cccc3c1c(cc1oc4ccccc4c13)N2c1ccc2c(c1)C1(c3ccccc3-c3ccccc31)c1ccccc1-2. The second kappa shape index (κ2) is 8.94. The molecule has 1 aliphatic heterocycles. The summed E-state index contributed by atoms with van der Waals surface area (Å²) in [5, 5.41) is 4.81. The van der Waals surface area contributed by atoms with Crippen LogP contribution in [0.2, 0.25) is 0 Å². The molecule has 0 fully saturated rings. The summed E-state index contributed by atoms with van der Waals surface area (Å²) in [6.45, 7) is 0. The molecule has 0 amide bonds. The van der Waals surface area contributed by atoms with Crippen LogP contribution in [-0.2, 0) is 5.41 Å². The van der Waals surface area contributed by atoms with Crippen molar-refractivity contribution in [1.82, 2.24) is 0 Å². The number of benzene rings is 8. The molecule has 2 aliphatic carbocycles. The van der Waals surface area contributed by atoms with Crippen molar-refractivity contribution in [3.63, 3.8) is 0 Å². The van der Waals surface area contributed by atoms with Crippen molar-refractivity contribution in [3.05, 3.63) is 186 Å². The zero-order chi connectivity index (χ0) is 31.8. The van der Waals surface area contributed by atoms with Gasteiger partial charge in [-0.15, -0.1) is 0 Å². The van der Waals surface area contributed by atoms with Crippen molar-refractivity contribution in [2.75, 3.05) is 4.90 Å². The Balaban J connectivity index is 1.20. The number of nitrogens with zero attached hydrogens (tertiary/aromatic N) is 1. The summed E-state index contributed by atoms with van der Waals surface area (Å²) in [5.74, 6) is 0. The lowest BCUT2D eigenvalue weighted by atomic mass is 9.70. The van der Waals surface area contributed by atoms with Crippen LogP contribution in [0.1, 0.15) is 22.3 Å². The summed E-state index contributed by atoms with van der Waals surface area (Å²) in [4.78, 5) is 2.47. The van der Waals surface area contributed by atoms with E-state index in [1.807, 2.05) is 0 Å². The molecule has 2 heterocycles. The maximum atomic E-state index is 6.58. The monoisotopic (exact) mass is 621 g/mol. The lowest BCUT2D eigenvalue weighted by molar-refractivity contribution is 0.669. The zero-order valence-electron chi connectivity index (χ0n) is 26.4. The molecule has 3 aliphatic rings. The Morgan fingerprint density at radius 3 is 1.67 bits per heavy atom. The van der Waals surface area contributed by atoms with Crippen LogP contribution in [0.4, 0.5) is 17.1 Å². The first kappa shape index (κ1) is 25.7. The van der Waals surface area contributed by atoms with Crippen LogP contribution in [0.25, 0.3) is 66.1 Å². The molecule has 0 saturated carbocycles. The second-order valence-electron chi connectivity index (χ2n) is 13.6. The molecule has 9 aromatic rings. The van der Waals surface area contributed by atoms with Gasteiger partial charge in [0.15, 0.2) is 0 Å². The number of hydrogen-bond donors (Lipinski definition) is 0. The second-order valence-corrected chi connectivity index (χ2v) is 13.6. The highest BCUT2D eigenvalue weighted by Gasteiger charge is 2.51. The van der Waals surface area contributed by atoms with E-state index in [4.69, 9.17) is 4.42 Å². The van der Waals surface area contributed by atoms with Gasteiger partial charge in [-0.3, -0.25) is 0 Å². The minimum absolute atomic E-state index is 0.402. The van der Waals surface area contributed by atoms with Crippen molar-refractivity contribution >= 4 is 49.8 Å². The number of furan rings is 1. The average molecular weight is 622 g/mol. The minimum atomic E-state index is -0.402. The van der Waals surface area contributed by atoms with E-state index in [-0.39, 0.29) is 0 Å². The molecule has 0 unspecified atom stereocenters. The lowest BCUT2D eigenvalue weighted by Crippen LogP contribution is -2.26. The molecule has 2 heteroatoms. The maximum absolute atomic E-state index is 6.58. The maximum Gasteiger partial charge on any atom is 0.138 e. The molecule has 0 bridgehead atoms. The fourth-order valence-corrected chi connectivity index (χ4v) is 9.60. The Morgan fingerprint density at radius 2 is 0.939 bits per heavy atom. The number of anilines is 3. The predicted octanol–water partition coefficient (Wildman–Crippen LogP) is 12.5. The van der Waals surface area contributed by atoms with Gasteiger partial charge in [0.25, 0.3) is 0 Å². The molecular formula is C47H27NO. The molecule has 1 aromatic heterocycles. The molecule has 0 N–H and O–H groups in total. The summed E-state index contributed by atoms with van der Waals surface area (Å²) in [6.07, 6.45) is 0. The third-order valence-electron chi connectivity index (χ3n) is 11.4. The molecule has 12 rings (SSSR count). The summed E-state index contributed by atoms with van der Waals surface area (Å²) in [5.41, 5.74) is 18.0. The molecule has 0 radical (unpaired) electrons. The Kier molecular flexibility index (Phi) is 4.69. The third-order valence-corrected chi connectivity index (χ3v) is 11.4. The van der Waals surface area contributed by atoms with Crippen LogP contribution in [-0.4, -0.2) is 0 Å². The van der Waals surface area contributed by atoms with Crippen LogP contribution in [0, 0.1) is 0 Å². The molecule has 0 atom stereocenters. The smallest absolute Gasteiger partial charge is 0.138 e. The van der Waals surface area contributed by atoms with Gasteiger partial charge in [-0.25, -0.2) is 0 Å². The molecule has 226 valence electrons. The van der Waals surface area contributed by atoms with Crippen LogP contribution in [0.5, 0.6) is 0 Å². The lowest BCUT2D eigenvalue weighted by Gasteiger charge is -2.35. The van der Waals surface area contributed by atoms with E-state index in [0.717, 1.165) is 27.9 Å². The zero-order valence-corrected chi connectivity index (χ0v) is 26.4. The van der Waals surface area contributed by atoms with E-state index in [1.165, 1.54) is 77.5 Å². The van der Waals surface area contributed by atoms with Gasteiger partial charge in [0.1, 0.15) is 11.2 Å².